The lowest BCUT2D eigenvalue weighted by Crippen LogP contribution is -1.85. The van der Waals surface area contributed by atoms with Crippen LogP contribution in [0.25, 0.3) is 74.4 Å². The van der Waals surface area contributed by atoms with E-state index in [1.807, 2.05) is 11.3 Å². The van der Waals surface area contributed by atoms with Crippen molar-refractivity contribution in [1.29, 1.82) is 0 Å². The van der Waals surface area contributed by atoms with Gasteiger partial charge in [0.1, 0.15) is 0 Å². The van der Waals surface area contributed by atoms with Gasteiger partial charge in [-0.15, -0.1) is 11.3 Å². The highest BCUT2D eigenvalue weighted by Crippen LogP contribution is 2.41. The normalized spacial score (nSPS) is 12.2. The van der Waals surface area contributed by atoms with E-state index in [1.165, 1.54) is 74.4 Å². The molecule has 0 bridgehead atoms. The minimum Gasteiger partial charge on any atom is -0.135 e. The lowest BCUT2D eigenvalue weighted by Gasteiger charge is -2.13. The largest absolute Gasteiger partial charge is 0.135 e. The van der Waals surface area contributed by atoms with E-state index in [2.05, 4.69) is 109 Å². The highest BCUT2D eigenvalue weighted by atomic mass is 32.1. The van der Waals surface area contributed by atoms with Crippen molar-refractivity contribution in [3.8, 4) is 11.1 Å². The van der Waals surface area contributed by atoms with Gasteiger partial charge in [-0.2, -0.15) is 0 Å². The van der Waals surface area contributed by atoms with Crippen LogP contribution in [0.3, 0.4) is 0 Å². The second-order valence-corrected chi connectivity index (χ2v) is 10.1. The predicted octanol–water partition coefficient (Wildman–Crippen LogP) is 9.77. The van der Waals surface area contributed by atoms with E-state index >= 15 is 0 Å². The first-order valence-corrected chi connectivity index (χ1v) is 12.2. The standard InChI is InChI=1S/C32H18S/c1-2-7-26-19(4-1)13-15-28-32(26)27-14-12-22(18-29(27)33-28)25-16-23-10-8-20-5-3-6-21-9-11-24(17-25)31(23)30(20)21/h1-18H. The molecule has 0 saturated carbocycles. The zero-order valence-corrected chi connectivity index (χ0v) is 18.6. The van der Waals surface area contributed by atoms with E-state index in [1.54, 1.807) is 0 Å². The summed E-state index contributed by atoms with van der Waals surface area (Å²) in [6.45, 7) is 0. The molecule has 0 unspecified atom stereocenters. The third-order valence-corrected chi connectivity index (χ3v) is 8.28. The summed E-state index contributed by atoms with van der Waals surface area (Å²) in [6.07, 6.45) is 0. The zero-order chi connectivity index (χ0) is 21.5. The first kappa shape index (κ1) is 17.6. The first-order chi connectivity index (χ1) is 16.3. The Morgan fingerprint density at radius 3 is 1.85 bits per heavy atom. The lowest BCUT2D eigenvalue weighted by atomic mass is 9.91. The van der Waals surface area contributed by atoms with Crippen LogP contribution in [0.15, 0.2) is 109 Å². The number of hydrogen-bond donors (Lipinski definition) is 0. The van der Waals surface area contributed by atoms with Crippen LogP contribution < -0.4 is 0 Å². The molecule has 0 aliphatic rings. The summed E-state index contributed by atoms with van der Waals surface area (Å²) in [5, 5.41) is 13.4. The number of thiophene rings is 1. The Labute approximate surface area is 194 Å². The van der Waals surface area contributed by atoms with Gasteiger partial charge in [0.25, 0.3) is 0 Å². The van der Waals surface area contributed by atoms with Crippen molar-refractivity contribution in [3.05, 3.63) is 109 Å². The second kappa shape index (κ2) is 6.31. The van der Waals surface area contributed by atoms with Crippen molar-refractivity contribution in [3.63, 3.8) is 0 Å². The van der Waals surface area contributed by atoms with Crippen LogP contribution in [0, 0.1) is 0 Å². The van der Waals surface area contributed by atoms with Gasteiger partial charge in [-0.05, 0) is 78.5 Å². The summed E-state index contributed by atoms with van der Waals surface area (Å²) >= 11 is 1.90. The lowest BCUT2D eigenvalue weighted by molar-refractivity contribution is 1.72. The number of fused-ring (bicyclic) bond motifs is 5. The smallest absolute Gasteiger partial charge is 0.0361 e. The maximum absolute atomic E-state index is 2.38. The fraction of sp³-hybridized carbons (Fsp3) is 0. The van der Waals surface area contributed by atoms with Crippen LogP contribution in [0.1, 0.15) is 0 Å². The molecule has 0 aliphatic heterocycles. The monoisotopic (exact) mass is 434 g/mol. The van der Waals surface area contributed by atoms with Crippen molar-refractivity contribution in [1.82, 2.24) is 0 Å². The third kappa shape index (κ3) is 2.40. The summed E-state index contributed by atoms with van der Waals surface area (Å²) in [5.74, 6) is 0. The van der Waals surface area contributed by atoms with Crippen LogP contribution in [0.2, 0.25) is 0 Å². The molecule has 0 amide bonds. The van der Waals surface area contributed by atoms with E-state index in [-0.39, 0.29) is 0 Å². The summed E-state index contributed by atoms with van der Waals surface area (Å²) in [5.41, 5.74) is 2.56. The summed E-state index contributed by atoms with van der Waals surface area (Å²) in [6, 6.07) is 40.6. The van der Waals surface area contributed by atoms with Gasteiger partial charge in [0, 0.05) is 20.2 Å². The molecular formula is C32H18S. The van der Waals surface area contributed by atoms with Crippen molar-refractivity contribution in [2.45, 2.75) is 0 Å². The van der Waals surface area contributed by atoms with Crippen molar-refractivity contribution in [2.75, 3.05) is 0 Å². The SMILES string of the molecule is c1ccc2c(c1)ccc1sc3cc(-c4cc5ccc6cccc7ccc(c4)c5c67)ccc3c12. The Morgan fingerprint density at radius 1 is 0.364 bits per heavy atom. The van der Waals surface area contributed by atoms with E-state index < -0.39 is 0 Å². The molecule has 8 aromatic rings. The maximum Gasteiger partial charge on any atom is 0.0361 e. The molecule has 8 rings (SSSR count). The van der Waals surface area contributed by atoms with E-state index in [4.69, 9.17) is 0 Å². The minimum atomic E-state index is 1.28. The molecule has 0 saturated heterocycles. The minimum absolute atomic E-state index is 1.28. The highest BCUT2D eigenvalue weighted by Gasteiger charge is 2.12. The number of hydrogen-bond acceptors (Lipinski definition) is 1. The zero-order valence-electron chi connectivity index (χ0n) is 17.8. The number of rotatable bonds is 1. The van der Waals surface area contributed by atoms with Crippen molar-refractivity contribution in [2.24, 2.45) is 0 Å². The molecule has 0 N–H and O–H groups in total. The maximum atomic E-state index is 2.38. The predicted molar refractivity (Wildman–Crippen MR) is 146 cm³/mol. The molecule has 1 heterocycles. The van der Waals surface area contributed by atoms with Gasteiger partial charge >= 0.3 is 0 Å². The molecule has 0 radical (unpaired) electrons. The van der Waals surface area contributed by atoms with Gasteiger partial charge in [-0.3, -0.25) is 0 Å². The van der Waals surface area contributed by atoms with Crippen LogP contribution in [0.5, 0.6) is 0 Å². The average molecular weight is 435 g/mol. The molecular weight excluding hydrogens is 416 g/mol. The molecule has 0 atom stereocenters. The van der Waals surface area contributed by atoms with E-state index in [0.717, 1.165) is 0 Å². The first-order valence-electron chi connectivity index (χ1n) is 11.4. The van der Waals surface area contributed by atoms with Crippen LogP contribution >= 0.6 is 11.3 Å². The summed E-state index contributed by atoms with van der Waals surface area (Å²) < 4.78 is 2.71. The van der Waals surface area contributed by atoms with Crippen LogP contribution in [-0.4, -0.2) is 0 Å². The Hall–Kier alpha value is -3.94. The Kier molecular flexibility index (Phi) is 3.37. The molecule has 0 spiro atoms. The van der Waals surface area contributed by atoms with Crippen molar-refractivity contribution < 1.29 is 0 Å². The van der Waals surface area contributed by atoms with Gasteiger partial charge in [-0.25, -0.2) is 0 Å². The van der Waals surface area contributed by atoms with Crippen LogP contribution in [-0.2, 0) is 0 Å². The van der Waals surface area contributed by atoms with E-state index in [9.17, 15) is 0 Å². The molecule has 1 aromatic heterocycles. The molecule has 0 fully saturated rings. The molecule has 7 aromatic carbocycles. The molecule has 33 heavy (non-hydrogen) atoms. The van der Waals surface area contributed by atoms with Gasteiger partial charge in [-0.1, -0.05) is 84.9 Å². The Balaban J connectivity index is 1.39. The van der Waals surface area contributed by atoms with Gasteiger partial charge in [0.15, 0.2) is 0 Å². The fourth-order valence-electron chi connectivity index (χ4n) is 5.65. The van der Waals surface area contributed by atoms with Gasteiger partial charge < -0.3 is 0 Å². The summed E-state index contributed by atoms with van der Waals surface area (Å²) in [7, 11) is 0. The van der Waals surface area contributed by atoms with Gasteiger partial charge in [0.2, 0.25) is 0 Å². The molecule has 0 nitrogen and oxygen atoms in total. The number of benzene rings is 7. The molecule has 152 valence electrons. The van der Waals surface area contributed by atoms with Gasteiger partial charge in [0.05, 0.1) is 0 Å². The summed E-state index contributed by atoms with van der Waals surface area (Å²) in [4.78, 5) is 0. The third-order valence-electron chi connectivity index (χ3n) is 7.16. The van der Waals surface area contributed by atoms with Crippen LogP contribution in [0.4, 0.5) is 0 Å². The average Bonchev–Trinajstić information content (AvgIpc) is 3.25. The molecule has 0 aliphatic carbocycles. The Morgan fingerprint density at radius 2 is 1.03 bits per heavy atom. The second-order valence-electron chi connectivity index (χ2n) is 8.98. The topological polar surface area (TPSA) is 0 Å². The molecule has 1 heteroatoms. The quantitative estimate of drug-likeness (QED) is 0.226. The van der Waals surface area contributed by atoms with Crippen molar-refractivity contribution >= 4 is 74.6 Å². The van der Waals surface area contributed by atoms with E-state index in [0.29, 0.717) is 0 Å². The Bertz CT molecular complexity index is 1960. The highest BCUT2D eigenvalue weighted by molar-refractivity contribution is 7.26. The fourth-order valence-corrected chi connectivity index (χ4v) is 6.81.